The maximum absolute atomic E-state index is 3.52. The number of hydrogen-bond donors (Lipinski definition) is 0. The third-order valence-electron chi connectivity index (χ3n) is 3.04. The van der Waals surface area contributed by atoms with Crippen LogP contribution in [0.2, 0.25) is 0 Å². The Kier molecular flexibility index (Phi) is 4.72. The molecule has 0 saturated carbocycles. The Morgan fingerprint density at radius 3 is 1.32 bits per heavy atom. The molecule has 0 aliphatic heterocycles. The van der Waals surface area contributed by atoms with Crippen molar-refractivity contribution < 1.29 is 0 Å². The van der Waals surface area contributed by atoms with Crippen molar-refractivity contribution in [1.29, 1.82) is 0 Å². The molecule has 0 N–H and O–H groups in total. The summed E-state index contributed by atoms with van der Waals surface area (Å²) in [5.41, 5.74) is 0. The first-order valence-electron chi connectivity index (χ1n) is 6.32. The van der Waals surface area contributed by atoms with Gasteiger partial charge in [0.25, 0.3) is 0 Å². The van der Waals surface area contributed by atoms with Gasteiger partial charge in [-0.05, 0) is 0 Å². The normalized spacial score (nSPS) is 9.79. The first-order chi connectivity index (χ1) is 9.33. The van der Waals surface area contributed by atoms with Gasteiger partial charge < -0.3 is 0 Å². The van der Waals surface area contributed by atoms with Gasteiger partial charge in [-0.1, -0.05) is 0 Å². The molecular formula is C18H16Sn. The SMILES string of the molecule is CC#[C][Sn]([C]#CC)([c]1ccccc1)[c]1ccccc1. The molecule has 0 spiro atoms. The van der Waals surface area contributed by atoms with Gasteiger partial charge in [-0.3, -0.25) is 0 Å². The van der Waals surface area contributed by atoms with Crippen LogP contribution in [0.5, 0.6) is 0 Å². The molecule has 2 aromatic rings. The second kappa shape index (κ2) is 6.50. The quantitative estimate of drug-likeness (QED) is 0.576. The van der Waals surface area contributed by atoms with Crippen LogP contribution >= 0.6 is 0 Å². The Balaban J connectivity index is 2.73. The van der Waals surface area contributed by atoms with Crippen LogP contribution in [0, 0.1) is 19.7 Å². The van der Waals surface area contributed by atoms with Crippen LogP contribution in [-0.2, 0) is 0 Å². The van der Waals surface area contributed by atoms with E-state index in [1.165, 1.54) is 7.16 Å². The van der Waals surface area contributed by atoms with Crippen LogP contribution in [0.15, 0.2) is 60.7 Å². The zero-order valence-electron chi connectivity index (χ0n) is 11.3. The number of benzene rings is 2. The van der Waals surface area contributed by atoms with E-state index in [9.17, 15) is 0 Å². The molecule has 0 unspecified atom stereocenters. The van der Waals surface area contributed by atoms with Gasteiger partial charge in [0.15, 0.2) is 0 Å². The van der Waals surface area contributed by atoms with E-state index in [1.54, 1.807) is 0 Å². The summed E-state index contributed by atoms with van der Waals surface area (Å²) in [5, 5.41) is 0. The molecule has 0 aromatic heterocycles. The summed E-state index contributed by atoms with van der Waals surface area (Å²) in [5.74, 6) is 6.26. The van der Waals surface area contributed by atoms with Gasteiger partial charge in [-0.25, -0.2) is 0 Å². The average Bonchev–Trinajstić information content (AvgIpc) is 2.49. The fourth-order valence-corrected chi connectivity index (χ4v) is 11.1. The molecule has 2 rings (SSSR count). The van der Waals surface area contributed by atoms with Crippen LogP contribution in [-0.4, -0.2) is 18.4 Å². The second-order valence-electron chi connectivity index (χ2n) is 4.23. The van der Waals surface area contributed by atoms with Gasteiger partial charge in [-0.2, -0.15) is 0 Å². The first-order valence-corrected chi connectivity index (χ1v) is 12.0. The molecule has 0 nitrogen and oxygen atoms in total. The first kappa shape index (κ1) is 13.8. The Bertz CT molecular complexity index is 587. The van der Waals surface area contributed by atoms with Crippen LogP contribution < -0.4 is 7.16 Å². The summed E-state index contributed by atoms with van der Waals surface area (Å²) in [4.78, 5) is 0. The van der Waals surface area contributed by atoms with Crippen molar-refractivity contribution in [3.05, 3.63) is 60.7 Å². The minimum absolute atomic E-state index is 1.33. The van der Waals surface area contributed by atoms with Crippen molar-refractivity contribution in [3.8, 4) is 19.7 Å². The fraction of sp³-hybridized carbons (Fsp3) is 0.111. The molecule has 92 valence electrons. The zero-order valence-corrected chi connectivity index (χ0v) is 14.1. The molecule has 0 atom stereocenters. The topological polar surface area (TPSA) is 0 Å². The van der Waals surface area contributed by atoms with E-state index in [0.29, 0.717) is 0 Å². The molecule has 0 amide bonds. The average molecular weight is 351 g/mol. The molecule has 0 heterocycles. The molecule has 0 aliphatic carbocycles. The predicted octanol–water partition coefficient (Wildman–Crippen LogP) is 2.37. The van der Waals surface area contributed by atoms with E-state index in [0.717, 1.165) is 0 Å². The molecule has 0 saturated heterocycles. The summed E-state index contributed by atoms with van der Waals surface area (Å²) in [6, 6.07) is 21.1. The Morgan fingerprint density at radius 2 is 1.00 bits per heavy atom. The maximum atomic E-state index is 3.52. The number of hydrogen-bond acceptors (Lipinski definition) is 0. The summed E-state index contributed by atoms with van der Waals surface area (Å²) in [7, 11) is 0. The molecule has 0 fully saturated rings. The molecular weight excluding hydrogens is 335 g/mol. The predicted molar refractivity (Wildman–Crippen MR) is 84.8 cm³/mol. The van der Waals surface area contributed by atoms with Crippen LogP contribution in [0.3, 0.4) is 0 Å². The molecule has 0 aliphatic rings. The third kappa shape index (κ3) is 2.86. The number of rotatable bonds is 2. The third-order valence-corrected chi connectivity index (χ3v) is 13.5. The van der Waals surface area contributed by atoms with Crippen molar-refractivity contribution in [2.45, 2.75) is 13.8 Å². The summed E-state index contributed by atoms with van der Waals surface area (Å²) >= 11 is -3.16. The van der Waals surface area contributed by atoms with Gasteiger partial charge in [0, 0.05) is 0 Å². The fourth-order valence-electron chi connectivity index (χ4n) is 2.24. The van der Waals surface area contributed by atoms with Gasteiger partial charge in [0.05, 0.1) is 0 Å². The van der Waals surface area contributed by atoms with E-state index in [1.807, 2.05) is 26.0 Å². The molecule has 19 heavy (non-hydrogen) atoms. The van der Waals surface area contributed by atoms with E-state index in [-0.39, 0.29) is 0 Å². The van der Waals surface area contributed by atoms with E-state index < -0.39 is 18.4 Å². The Hall–Kier alpha value is -1.64. The second-order valence-corrected chi connectivity index (χ2v) is 13.2. The van der Waals surface area contributed by atoms with Crippen molar-refractivity contribution in [2.24, 2.45) is 0 Å². The van der Waals surface area contributed by atoms with Gasteiger partial charge in [0.2, 0.25) is 0 Å². The summed E-state index contributed by atoms with van der Waals surface area (Å²) < 4.78 is 9.68. The van der Waals surface area contributed by atoms with Crippen LogP contribution in [0.25, 0.3) is 0 Å². The summed E-state index contributed by atoms with van der Waals surface area (Å²) in [6.07, 6.45) is 0. The van der Waals surface area contributed by atoms with Crippen molar-refractivity contribution in [1.82, 2.24) is 0 Å². The minimum atomic E-state index is -3.16. The molecule has 0 radical (unpaired) electrons. The zero-order chi connectivity index (χ0) is 13.6. The van der Waals surface area contributed by atoms with Crippen molar-refractivity contribution in [2.75, 3.05) is 0 Å². The van der Waals surface area contributed by atoms with E-state index >= 15 is 0 Å². The van der Waals surface area contributed by atoms with E-state index in [4.69, 9.17) is 0 Å². The van der Waals surface area contributed by atoms with E-state index in [2.05, 4.69) is 68.2 Å². The molecule has 2 aromatic carbocycles. The van der Waals surface area contributed by atoms with Crippen LogP contribution in [0.4, 0.5) is 0 Å². The van der Waals surface area contributed by atoms with Gasteiger partial charge >= 0.3 is 120 Å². The van der Waals surface area contributed by atoms with Gasteiger partial charge in [-0.15, -0.1) is 0 Å². The Labute approximate surface area is 119 Å². The standard InChI is InChI=1S/2C6H5.2C3H3.Sn/c2*1-2-4-6-5-3-1;2*1-3-2;/h2*1-5H;2*1H3;. The van der Waals surface area contributed by atoms with Crippen molar-refractivity contribution >= 4 is 25.5 Å². The summed E-state index contributed by atoms with van der Waals surface area (Å²) in [6.45, 7) is 3.82. The monoisotopic (exact) mass is 352 g/mol. The molecule has 0 bridgehead atoms. The van der Waals surface area contributed by atoms with Crippen LogP contribution in [0.1, 0.15) is 13.8 Å². The molecule has 1 heteroatoms. The Morgan fingerprint density at radius 1 is 0.632 bits per heavy atom. The van der Waals surface area contributed by atoms with Crippen molar-refractivity contribution in [3.63, 3.8) is 0 Å². The van der Waals surface area contributed by atoms with Gasteiger partial charge in [0.1, 0.15) is 0 Å².